The first-order chi connectivity index (χ1) is 10.6. The molecule has 7 heteroatoms. The van der Waals surface area contributed by atoms with Crippen LogP contribution in [0.1, 0.15) is 6.42 Å². The Balaban J connectivity index is 1.97. The third-order valence-electron chi connectivity index (χ3n) is 3.37. The molecule has 0 aliphatic carbocycles. The minimum Gasteiger partial charge on any atom is -0.410 e. The van der Waals surface area contributed by atoms with Gasteiger partial charge in [-0.15, -0.1) is 0 Å². The number of β-amino-alcohol motifs (C(OH)–C–C–N with tert-alkyl or cyclic N) is 1. The Hall–Kier alpha value is -2.12. The number of benzene rings is 1. The van der Waals surface area contributed by atoms with Gasteiger partial charge in [0.1, 0.15) is 11.8 Å². The van der Waals surface area contributed by atoms with Crippen molar-refractivity contribution in [2.24, 2.45) is 0 Å². The molecule has 22 heavy (non-hydrogen) atoms. The summed E-state index contributed by atoms with van der Waals surface area (Å²) in [7, 11) is 1.54. The number of rotatable bonds is 5. The number of hydrogen-bond acceptors (Lipinski definition) is 5. The van der Waals surface area contributed by atoms with Crippen LogP contribution in [0, 0.1) is 0 Å². The van der Waals surface area contributed by atoms with Crippen molar-refractivity contribution in [1.29, 1.82) is 0 Å². The van der Waals surface area contributed by atoms with Gasteiger partial charge in [0.05, 0.1) is 19.3 Å². The van der Waals surface area contributed by atoms with Crippen LogP contribution in [0.5, 0.6) is 5.75 Å². The van der Waals surface area contributed by atoms with Crippen LogP contribution in [0.4, 0.5) is 4.79 Å². The first kappa shape index (κ1) is 16.3. The van der Waals surface area contributed by atoms with E-state index in [1.807, 2.05) is 6.07 Å². The molecule has 1 fully saturated rings. The second-order valence-electron chi connectivity index (χ2n) is 5.02. The molecule has 0 saturated carbocycles. The fourth-order valence-electron chi connectivity index (χ4n) is 2.31. The van der Waals surface area contributed by atoms with Crippen LogP contribution >= 0.6 is 0 Å². The molecule has 1 aromatic carbocycles. The first-order valence-corrected chi connectivity index (χ1v) is 7.10. The van der Waals surface area contributed by atoms with Gasteiger partial charge < -0.3 is 19.9 Å². The highest BCUT2D eigenvalue weighted by molar-refractivity contribution is 5.86. The van der Waals surface area contributed by atoms with E-state index in [4.69, 9.17) is 9.47 Å². The van der Waals surface area contributed by atoms with Crippen molar-refractivity contribution < 1.29 is 24.2 Å². The number of carbonyl (C=O) groups is 2. The predicted octanol–water partition coefficient (Wildman–Crippen LogP) is 0.383. The second kappa shape index (κ2) is 7.77. The number of aliphatic hydroxyl groups is 1. The number of hydrogen-bond donors (Lipinski definition) is 2. The molecule has 1 saturated heterocycles. The Labute approximate surface area is 128 Å². The Morgan fingerprint density at radius 2 is 2.09 bits per heavy atom. The van der Waals surface area contributed by atoms with Crippen LogP contribution in [0.15, 0.2) is 30.3 Å². The van der Waals surface area contributed by atoms with E-state index in [0.717, 1.165) is 0 Å². The van der Waals surface area contributed by atoms with E-state index in [-0.39, 0.29) is 18.9 Å². The molecule has 120 valence electrons. The zero-order valence-corrected chi connectivity index (χ0v) is 12.4. The van der Waals surface area contributed by atoms with Crippen molar-refractivity contribution >= 4 is 12.0 Å². The summed E-state index contributed by atoms with van der Waals surface area (Å²) in [5.74, 6) is 0.0750. The Morgan fingerprint density at radius 1 is 1.36 bits per heavy atom. The molecule has 2 amide bonds. The molecule has 1 aliphatic heterocycles. The van der Waals surface area contributed by atoms with E-state index in [2.05, 4.69) is 5.32 Å². The fraction of sp³-hybridized carbons (Fsp3) is 0.467. The van der Waals surface area contributed by atoms with E-state index < -0.39 is 18.2 Å². The van der Waals surface area contributed by atoms with Gasteiger partial charge in [-0.25, -0.2) is 4.79 Å². The predicted molar refractivity (Wildman–Crippen MR) is 78.5 cm³/mol. The van der Waals surface area contributed by atoms with E-state index in [9.17, 15) is 14.7 Å². The topological polar surface area (TPSA) is 88.1 Å². The van der Waals surface area contributed by atoms with Crippen LogP contribution in [0.25, 0.3) is 0 Å². The minimum atomic E-state index is -0.735. The van der Waals surface area contributed by atoms with Crippen molar-refractivity contribution in [3.63, 3.8) is 0 Å². The third-order valence-corrected chi connectivity index (χ3v) is 3.37. The maximum absolute atomic E-state index is 12.2. The van der Waals surface area contributed by atoms with Crippen molar-refractivity contribution in [3.05, 3.63) is 30.3 Å². The zero-order valence-electron chi connectivity index (χ0n) is 12.4. The number of nitrogens with one attached hydrogen (secondary N) is 1. The maximum Gasteiger partial charge on any atom is 0.416 e. The summed E-state index contributed by atoms with van der Waals surface area (Å²) < 4.78 is 10.1. The van der Waals surface area contributed by atoms with Crippen LogP contribution in [-0.4, -0.2) is 61.0 Å². The molecule has 2 N–H and O–H groups in total. The summed E-state index contributed by atoms with van der Waals surface area (Å²) in [4.78, 5) is 25.5. The molecule has 0 unspecified atom stereocenters. The van der Waals surface area contributed by atoms with Crippen molar-refractivity contribution in [3.8, 4) is 5.75 Å². The molecule has 0 spiro atoms. The molecule has 1 heterocycles. The van der Waals surface area contributed by atoms with Crippen LogP contribution < -0.4 is 10.1 Å². The molecule has 2 atom stereocenters. The quantitative estimate of drug-likeness (QED) is 0.768. The second-order valence-corrected chi connectivity index (χ2v) is 5.02. The molecule has 0 radical (unpaired) electrons. The van der Waals surface area contributed by atoms with Crippen LogP contribution in [0.2, 0.25) is 0 Å². The lowest BCUT2D eigenvalue weighted by atomic mass is 10.2. The first-order valence-electron chi connectivity index (χ1n) is 7.10. The average molecular weight is 308 g/mol. The number of amides is 2. The number of methoxy groups -OCH3 is 1. The van der Waals surface area contributed by atoms with Crippen molar-refractivity contribution in [2.45, 2.75) is 18.6 Å². The summed E-state index contributed by atoms with van der Waals surface area (Å²) in [6.45, 7) is 0.813. The monoisotopic (exact) mass is 308 g/mol. The van der Waals surface area contributed by atoms with Gasteiger partial charge in [-0.2, -0.15) is 0 Å². The lowest BCUT2D eigenvalue weighted by Gasteiger charge is -2.22. The lowest BCUT2D eigenvalue weighted by Crippen LogP contribution is -2.47. The number of likely N-dealkylation sites (tertiary alicyclic amines) is 1. The fourth-order valence-corrected chi connectivity index (χ4v) is 2.31. The number of carbonyl (C=O) groups excluding carboxylic acids is 2. The van der Waals surface area contributed by atoms with Gasteiger partial charge in [-0.3, -0.25) is 9.69 Å². The Kier molecular flexibility index (Phi) is 5.74. The molecule has 1 aliphatic rings. The SMILES string of the molecule is COCCNC(=O)[C@@H]1C[C@H](O)CN1C(=O)Oc1ccccc1. The number of nitrogens with zero attached hydrogens (tertiary/aromatic N) is 1. The van der Waals surface area contributed by atoms with Crippen molar-refractivity contribution in [1.82, 2.24) is 10.2 Å². The van der Waals surface area contributed by atoms with E-state index >= 15 is 0 Å². The lowest BCUT2D eigenvalue weighted by molar-refractivity contribution is -0.125. The summed E-state index contributed by atoms with van der Waals surface area (Å²) in [5.41, 5.74) is 0. The summed E-state index contributed by atoms with van der Waals surface area (Å²) >= 11 is 0. The zero-order chi connectivity index (χ0) is 15.9. The molecular weight excluding hydrogens is 288 g/mol. The van der Waals surface area contributed by atoms with Gasteiger partial charge in [0.25, 0.3) is 0 Å². The van der Waals surface area contributed by atoms with Gasteiger partial charge in [0.15, 0.2) is 0 Å². The highest BCUT2D eigenvalue weighted by Crippen LogP contribution is 2.20. The van der Waals surface area contributed by atoms with Crippen LogP contribution in [-0.2, 0) is 9.53 Å². The average Bonchev–Trinajstić information content (AvgIpc) is 2.90. The van der Waals surface area contributed by atoms with E-state index in [0.29, 0.717) is 18.9 Å². The Bertz CT molecular complexity index is 508. The number of aliphatic hydroxyl groups excluding tert-OH is 1. The number of para-hydroxylation sites is 1. The van der Waals surface area contributed by atoms with E-state index in [1.165, 1.54) is 12.0 Å². The van der Waals surface area contributed by atoms with E-state index in [1.54, 1.807) is 24.3 Å². The molecule has 7 nitrogen and oxygen atoms in total. The van der Waals surface area contributed by atoms with Gasteiger partial charge in [0, 0.05) is 20.1 Å². The largest absolute Gasteiger partial charge is 0.416 e. The summed E-state index contributed by atoms with van der Waals surface area (Å²) in [6.07, 6.45) is -1.18. The van der Waals surface area contributed by atoms with Gasteiger partial charge in [-0.05, 0) is 12.1 Å². The summed E-state index contributed by atoms with van der Waals surface area (Å²) in [6, 6.07) is 7.87. The molecular formula is C15H20N2O5. The highest BCUT2D eigenvalue weighted by Gasteiger charge is 2.39. The third kappa shape index (κ3) is 4.19. The normalized spacial score (nSPS) is 20.7. The maximum atomic E-state index is 12.2. The molecule has 1 aromatic rings. The minimum absolute atomic E-state index is 0.0774. The standard InChI is InChI=1S/C15H20N2O5/c1-21-8-7-16-14(19)13-9-11(18)10-17(13)15(20)22-12-5-3-2-4-6-12/h2-6,11,13,18H,7-10H2,1H3,(H,16,19)/t11-,13-/m0/s1. The molecule has 0 bridgehead atoms. The highest BCUT2D eigenvalue weighted by atomic mass is 16.6. The molecule has 2 rings (SSSR count). The molecule has 0 aromatic heterocycles. The number of ether oxygens (including phenoxy) is 2. The van der Waals surface area contributed by atoms with Crippen molar-refractivity contribution in [2.75, 3.05) is 26.8 Å². The van der Waals surface area contributed by atoms with Gasteiger partial charge in [-0.1, -0.05) is 18.2 Å². The van der Waals surface area contributed by atoms with Crippen LogP contribution in [0.3, 0.4) is 0 Å². The smallest absolute Gasteiger partial charge is 0.410 e. The van der Waals surface area contributed by atoms with Gasteiger partial charge >= 0.3 is 6.09 Å². The summed E-state index contributed by atoms with van der Waals surface area (Å²) in [5, 5.41) is 12.4. The van der Waals surface area contributed by atoms with Gasteiger partial charge in [0.2, 0.25) is 5.91 Å². The Morgan fingerprint density at radius 3 is 2.77 bits per heavy atom.